The quantitative estimate of drug-likeness (QED) is 0.516. The van der Waals surface area contributed by atoms with E-state index in [4.69, 9.17) is 12.3 Å². The second-order valence-corrected chi connectivity index (χ2v) is 2.41. The van der Waals surface area contributed by atoms with Crippen LogP contribution < -0.4 is 11.1 Å². The van der Waals surface area contributed by atoms with Crippen LogP contribution in [0.15, 0.2) is 18.2 Å². The lowest BCUT2D eigenvalue weighted by atomic mass is 10.2. The van der Waals surface area contributed by atoms with E-state index >= 15 is 0 Å². The minimum Gasteiger partial charge on any atom is -0.397 e. The van der Waals surface area contributed by atoms with Gasteiger partial charge in [0.05, 0.1) is 12.3 Å². The van der Waals surface area contributed by atoms with Gasteiger partial charge < -0.3 is 11.1 Å². The highest BCUT2D eigenvalue weighted by Gasteiger charge is 1.97. The van der Waals surface area contributed by atoms with Crippen LogP contribution in [0.3, 0.4) is 0 Å². The summed E-state index contributed by atoms with van der Waals surface area (Å²) in [4.78, 5) is 3.31. The number of anilines is 2. The highest BCUT2D eigenvalue weighted by molar-refractivity contribution is 5.71. The molecule has 0 aliphatic heterocycles. The second-order valence-electron chi connectivity index (χ2n) is 2.41. The first-order valence-corrected chi connectivity index (χ1v) is 3.78. The molecular weight excluding hydrogens is 150 g/mol. The Labute approximate surface area is 72.0 Å². The zero-order valence-electron chi connectivity index (χ0n) is 6.96. The van der Waals surface area contributed by atoms with Gasteiger partial charge in [0.15, 0.2) is 5.69 Å². The molecule has 3 N–H and O–H groups in total. The van der Waals surface area contributed by atoms with E-state index in [9.17, 15) is 0 Å². The Balaban J connectivity index is 3.01. The molecule has 0 radical (unpaired) electrons. The normalized spacial score (nSPS) is 9.00. The third kappa shape index (κ3) is 1.67. The van der Waals surface area contributed by atoms with Crippen molar-refractivity contribution in [3.05, 3.63) is 29.6 Å². The van der Waals surface area contributed by atoms with Crippen molar-refractivity contribution >= 4 is 17.1 Å². The Kier molecular flexibility index (Phi) is 2.54. The lowest BCUT2D eigenvalue weighted by molar-refractivity contribution is 1.21. The van der Waals surface area contributed by atoms with Gasteiger partial charge in [0.2, 0.25) is 0 Å². The predicted molar refractivity (Wildman–Crippen MR) is 51.3 cm³/mol. The van der Waals surface area contributed by atoms with Gasteiger partial charge in [-0.25, -0.2) is 4.85 Å². The summed E-state index contributed by atoms with van der Waals surface area (Å²) in [6.45, 7) is 9.60. The van der Waals surface area contributed by atoms with E-state index in [1.807, 2.05) is 6.92 Å². The summed E-state index contributed by atoms with van der Waals surface area (Å²) in [6.07, 6.45) is 0. The van der Waals surface area contributed by atoms with Crippen LogP contribution in [0, 0.1) is 6.57 Å². The van der Waals surface area contributed by atoms with Gasteiger partial charge in [0.1, 0.15) is 0 Å². The molecule has 0 aliphatic rings. The van der Waals surface area contributed by atoms with Crippen LogP contribution in [0.5, 0.6) is 0 Å². The fourth-order valence-corrected chi connectivity index (χ4v) is 0.957. The molecule has 1 aromatic rings. The third-order valence-electron chi connectivity index (χ3n) is 1.53. The number of hydrogen-bond acceptors (Lipinski definition) is 2. The molecular formula is C9H11N3. The Morgan fingerprint density at radius 3 is 2.92 bits per heavy atom. The van der Waals surface area contributed by atoms with E-state index in [1.165, 1.54) is 0 Å². The molecule has 0 saturated carbocycles. The molecule has 0 aliphatic carbocycles. The van der Waals surface area contributed by atoms with Crippen LogP contribution in [0.2, 0.25) is 0 Å². The minimum atomic E-state index is 0.611. The molecule has 1 aromatic carbocycles. The van der Waals surface area contributed by atoms with Crippen LogP contribution in [0.25, 0.3) is 4.85 Å². The fourth-order valence-electron chi connectivity index (χ4n) is 0.957. The van der Waals surface area contributed by atoms with Crippen molar-refractivity contribution in [1.29, 1.82) is 0 Å². The molecule has 0 heterocycles. The molecule has 0 aromatic heterocycles. The molecule has 0 amide bonds. The highest BCUT2D eigenvalue weighted by atomic mass is 14.9. The first-order chi connectivity index (χ1) is 5.77. The number of benzene rings is 1. The van der Waals surface area contributed by atoms with Crippen LogP contribution in [-0.4, -0.2) is 6.54 Å². The Morgan fingerprint density at radius 2 is 2.33 bits per heavy atom. The molecule has 0 saturated heterocycles. The Hall–Kier alpha value is -1.69. The standard InChI is InChI=1S/C9H11N3/c1-3-12-9-6-7(11-2)4-5-8(9)10/h4-6,12H,3,10H2,1H3. The predicted octanol–water partition coefficient (Wildman–Crippen LogP) is 2.25. The summed E-state index contributed by atoms with van der Waals surface area (Å²) in [5.41, 5.74) is 7.80. The zero-order valence-corrected chi connectivity index (χ0v) is 6.96. The van der Waals surface area contributed by atoms with E-state index in [0.717, 1.165) is 12.2 Å². The maximum Gasteiger partial charge on any atom is 0.189 e. The smallest absolute Gasteiger partial charge is 0.189 e. The summed E-state index contributed by atoms with van der Waals surface area (Å²) < 4.78 is 0. The van der Waals surface area contributed by atoms with Gasteiger partial charge in [-0.3, -0.25) is 0 Å². The molecule has 0 spiro atoms. The molecule has 0 bridgehead atoms. The molecule has 0 fully saturated rings. The maximum absolute atomic E-state index is 6.80. The van der Waals surface area contributed by atoms with Crippen LogP contribution in [-0.2, 0) is 0 Å². The number of nitrogens with two attached hydrogens (primary N) is 1. The Morgan fingerprint density at radius 1 is 1.58 bits per heavy atom. The van der Waals surface area contributed by atoms with Crippen molar-refractivity contribution in [2.45, 2.75) is 6.92 Å². The number of nitrogens with zero attached hydrogens (tertiary/aromatic N) is 1. The average Bonchev–Trinajstić information content (AvgIpc) is 2.09. The van der Waals surface area contributed by atoms with Crippen molar-refractivity contribution < 1.29 is 0 Å². The van der Waals surface area contributed by atoms with E-state index in [1.54, 1.807) is 18.2 Å². The van der Waals surface area contributed by atoms with Crippen LogP contribution in [0.1, 0.15) is 6.92 Å². The average molecular weight is 161 g/mol. The lowest BCUT2D eigenvalue weighted by Crippen LogP contribution is -1.99. The van der Waals surface area contributed by atoms with Gasteiger partial charge in [0, 0.05) is 12.2 Å². The molecule has 3 nitrogen and oxygen atoms in total. The molecule has 0 atom stereocenters. The summed E-state index contributed by atoms with van der Waals surface area (Å²) in [5.74, 6) is 0. The van der Waals surface area contributed by atoms with Crippen LogP contribution >= 0.6 is 0 Å². The van der Waals surface area contributed by atoms with E-state index < -0.39 is 0 Å². The Bertz CT molecular complexity index is 312. The van der Waals surface area contributed by atoms with E-state index in [0.29, 0.717) is 11.4 Å². The molecule has 62 valence electrons. The fraction of sp³-hybridized carbons (Fsp3) is 0.222. The van der Waals surface area contributed by atoms with Crippen molar-refractivity contribution in [3.63, 3.8) is 0 Å². The second kappa shape index (κ2) is 3.63. The summed E-state index contributed by atoms with van der Waals surface area (Å²) in [6, 6.07) is 5.21. The van der Waals surface area contributed by atoms with Gasteiger partial charge >= 0.3 is 0 Å². The largest absolute Gasteiger partial charge is 0.397 e. The molecule has 3 heteroatoms. The number of nitrogen functional groups attached to an aromatic ring is 1. The van der Waals surface area contributed by atoms with Gasteiger partial charge in [0.25, 0.3) is 0 Å². The lowest BCUT2D eigenvalue weighted by Gasteiger charge is -2.06. The number of rotatable bonds is 2. The zero-order chi connectivity index (χ0) is 8.97. The SMILES string of the molecule is [C-]#[N+]c1ccc(N)c(NCC)c1. The first kappa shape index (κ1) is 8.41. The summed E-state index contributed by atoms with van der Waals surface area (Å²) in [5, 5.41) is 3.08. The highest BCUT2D eigenvalue weighted by Crippen LogP contribution is 2.24. The van der Waals surface area contributed by atoms with Gasteiger partial charge in [-0.1, -0.05) is 6.07 Å². The number of nitrogens with one attached hydrogen (secondary N) is 1. The summed E-state index contributed by atoms with van der Waals surface area (Å²) in [7, 11) is 0. The minimum absolute atomic E-state index is 0.611. The third-order valence-corrected chi connectivity index (χ3v) is 1.53. The van der Waals surface area contributed by atoms with Crippen molar-refractivity contribution in [2.24, 2.45) is 0 Å². The molecule has 12 heavy (non-hydrogen) atoms. The maximum atomic E-state index is 6.80. The van der Waals surface area contributed by atoms with E-state index in [2.05, 4.69) is 10.2 Å². The van der Waals surface area contributed by atoms with Crippen LogP contribution in [0.4, 0.5) is 17.1 Å². The molecule has 1 rings (SSSR count). The topological polar surface area (TPSA) is 42.4 Å². The van der Waals surface area contributed by atoms with Crippen molar-refractivity contribution in [1.82, 2.24) is 0 Å². The monoisotopic (exact) mass is 161 g/mol. The van der Waals surface area contributed by atoms with E-state index in [-0.39, 0.29) is 0 Å². The van der Waals surface area contributed by atoms with Gasteiger partial charge in [-0.05, 0) is 19.1 Å². The summed E-state index contributed by atoms with van der Waals surface area (Å²) >= 11 is 0. The van der Waals surface area contributed by atoms with Crippen molar-refractivity contribution in [2.75, 3.05) is 17.6 Å². The molecule has 0 unspecified atom stereocenters. The van der Waals surface area contributed by atoms with Crippen molar-refractivity contribution in [3.8, 4) is 0 Å². The van der Waals surface area contributed by atoms with Gasteiger partial charge in [-0.2, -0.15) is 0 Å². The first-order valence-electron chi connectivity index (χ1n) is 3.78. The van der Waals surface area contributed by atoms with Gasteiger partial charge in [-0.15, -0.1) is 0 Å². The number of hydrogen-bond donors (Lipinski definition) is 2.